The van der Waals surface area contributed by atoms with E-state index in [2.05, 4.69) is 0 Å². The van der Waals surface area contributed by atoms with E-state index in [1.807, 2.05) is 72.8 Å². The molecule has 0 saturated heterocycles. The van der Waals surface area contributed by atoms with Crippen molar-refractivity contribution in [1.82, 2.24) is 9.80 Å². The lowest BCUT2D eigenvalue weighted by atomic mass is 9.83. The third-order valence-corrected chi connectivity index (χ3v) is 8.27. The molecule has 2 heterocycles. The highest BCUT2D eigenvalue weighted by molar-refractivity contribution is 5.96. The molecule has 0 spiro atoms. The third kappa shape index (κ3) is 7.71. The van der Waals surface area contributed by atoms with Gasteiger partial charge in [-0.25, -0.2) is 4.79 Å². The number of para-hydroxylation sites is 1. The number of benzene rings is 3. The molecule has 10 nitrogen and oxygen atoms in total. The Hall–Kier alpha value is -5.51. The van der Waals surface area contributed by atoms with Crippen molar-refractivity contribution in [3.05, 3.63) is 119 Å². The molecule has 0 bridgehead atoms. The Morgan fingerprint density at radius 1 is 0.917 bits per heavy atom. The van der Waals surface area contributed by atoms with E-state index in [1.54, 1.807) is 52.1 Å². The molecule has 1 aromatic heterocycles. The summed E-state index contributed by atoms with van der Waals surface area (Å²) >= 11 is 0. The van der Waals surface area contributed by atoms with Gasteiger partial charge in [-0.3, -0.25) is 9.59 Å². The minimum absolute atomic E-state index is 0.0473. The van der Waals surface area contributed by atoms with Crippen molar-refractivity contribution < 1.29 is 37.7 Å². The van der Waals surface area contributed by atoms with E-state index in [-0.39, 0.29) is 37.1 Å². The number of nitrogens with zero attached hydrogens (tertiary/aromatic N) is 2. The molecular formula is C38H40N2O8. The Balaban J connectivity index is 1.31. The fourth-order valence-electron chi connectivity index (χ4n) is 5.74. The number of carbonyl (C=O) groups is 3. The summed E-state index contributed by atoms with van der Waals surface area (Å²) in [6, 6.07) is 25.7. The summed E-state index contributed by atoms with van der Waals surface area (Å²) in [5, 5.41) is 0. The van der Waals surface area contributed by atoms with Crippen LogP contribution in [-0.4, -0.2) is 62.0 Å². The van der Waals surface area contributed by atoms with Crippen molar-refractivity contribution in [2.24, 2.45) is 0 Å². The second kappa shape index (κ2) is 15.4. The van der Waals surface area contributed by atoms with Crippen LogP contribution in [-0.2, 0) is 27.3 Å². The largest absolute Gasteiger partial charge is 0.493 e. The highest BCUT2D eigenvalue weighted by Gasteiger charge is 2.37. The maximum Gasteiger partial charge on any atom is 0.336 e. The number of amides is 2. The summed E-state index contributed by atoms with van der Waals surface area (Å²) in [4.78, 5) is 43.3. The predicted octanol–water partition coefficient (Wildman–Crippen LogP) is 6.76. The normalized spacial score (nSPS) is 14.5. The van der Waals surface area contributed by atoms with Crippen LogP contribution < -0.4 is 14.2 Å². The van der Waals surface area contributed by atoms with Gasteiger partial charge in [-0.1, -0.05) is 36.4 Å². The predicted molar refractivity (Wildman–Crippen MR) is 179 cm³/mol. The maximum absolute atomic E-state index is 13.6. The minimum atomic E-state index is -0.528. The molecule has 5 rings (SSSR count). The number of rotatable bonds is 13. The lowest BCUT2D eigenvalue weighted by Gasteiger charge is -2.34. The lowest BCUT2D eigenvalue weighted by Crippen LogP contribution is -2.38. The number of furan rings is 1. The first-order valence-electron chi connectivity index (χ1n) is 15.8. The number of hydrogen-bond acceptors (Lipinski definition) is 8. The van der Waals surface area contributed by atoms with Crippen LogP contribution in [0.2, 0.25) is 0 Å². The zero-order chi connectivity index (χ0) is 34.2. The smallest absolute Gasteiger partial charge is 0.336 e. The Morgan fingerprint density at radius 3 is 2.40 bits per heavy atom. The Labute approximate surface area is 280 Å². The van der Waals surface area contributed by atoms with Crippen LogP contribution in [0.1, 0.15) is 53.6 Å². The Kier molecular flexibility index (Phi) is 10.8. The molecule has 2 amide bonds. The molecule has 0 saturated carbocycles. The van der Waals surface area contributed by atoms with Crippen LogP contribution in [0.5, 0.6) is 23.0 Å². The van der Waals surface area contributed by atoms with Gasteiger partial charge in [-0.15, -0.1) is 0 Å². The second-order valence-corrected chi connectivity index (χ2v) is 11.4. The number of allylic oxidation sites excluding steroid dienone is 1. The van der Waals surface area contributed by atoms with Gasteiger partial charge in [0.05, 0.1) is 32.9 Å². The first-order valence-corrected chi connectivity index (χ1v) is 15.8. The zero-order valence-corrected chi connectivity index (χ0v) is 27.9. The molecule has 1 aliphatic rings. The molecule has 1 aliphatic heterocycles. The van der Waals surface area contributed by atoms with E-state index >= 15 is 0 Å². The summed E-state index contributed by atoms with van der Waals surface area (Å²) in [7, 11) is 4.87. The average molecular weight is 653 g/mol. The molecular weight excluding hydrogens is 612 g/mol. The number of carbonyl (C=O) groups excluding carboxylic acids is 3. The fourth-order valence-corrected chi connectivity index (χ4v) is 5.74. The third-order valence-electron chi connectivity index (χ3n) is 8.27. The second-order valence-electron chi connectivity index (χ2n) is 11.4. The molecule has 250 valence electrons. The fraction of sp³-hybridized carbons (Fsp3) is 0.289. The summed E-state index contributed by atoms with van der Waals surface area (Å²) in [6.45, 7) is 4.17. The quantitative estimate of drug-likeness (QED) is 0.146. The van der Waals surface area contributed by atoms with Gasteiger partial charge in [0.2, 0.25) is 5.91 Å². The number of ether oxygens (including phenoxy) is 4. The Morgan fingerprint density at radius 2 is 1.67 bits per heavy atom. The lowest BCUT2D eigenvalue weighted by molar-refractivity contribution is -0.140. The average Bonchev–Trinajstić information content (AvgIpc) is 3.57. The number of likely N-dealkylation sites (N-methyl/N-ethyl adjacent to an activating group) is 1. The van der Waals surface area contributed by atoms with E-state index in [4.69, 9.17) is 23.4 Å². The van der Waals surface area contributed by atoms with E-state index in [1.165, 1.54) is 4.90 Å². The number of esters is 1. The molecule has 0 N–H and O–H groups in total. The summed E-state index contributed by atoms with van der Waals surface area (Å²) in [6.07, 6.45) is 0.646. The van der Waals surface area contributed by atoms with Crippen molar-refractivity contribution in [1.29, 1.82) is 0 Å². The van der Waals surface area contributed by atoms with Gasteiger partial charge in [0, 0.05) is 31.6 Å². The maximum atomic E-state index is 13.6. The van der Waals surface area contributed by atoms with Crippen LogP contribution in [0.25, 0.3) is 0 Å². The molecule has 0 radical (unpaired) electrons. The van der Waals surface area contributed by atoms with Crippen molar-refractivity contribution in [2.45, 2.75) is 39.2 Å². The highest BCUT2D eigenvalue weighted by atomic mass is 16.5. The summed E-state index contributed by atoms with van der Waals surface area (Å²) in [5.74, 6) is 1.62. The van der Waals surface area contributed by atoms with Gasteiger partial charge in [-0.2, -0.15) is 0 Å². The van der Waals surface area contributed by atoms with Crippen LogP contribution in [0.3, 0.4) is 0 Å². The van der Waals surface area contributed by atoms with Crippen molar-refractivity contribution in [2.75, 3.05) is 34.4 Å². The standard InChI is InChI=1S/C38H40N2O8/c1-6-46-38(43)36-25(2)40(35(41)23-31(36)27-11-10-14-29(22-27)47-28-12-8-7-9-13-28)24-30-16-18-33(48-30)37(42)39(3)20-19-26-15-17-32(44-4)34(21-26)45-5/h7-18,21-22,31H,6,19-20,23-24H2,1-5H3. The van der Waals surface area contributed by atoms with Crippen LogP contribution in [0, 0.1) is 0 Å². The van der Waals surface area contributed by atoms with E-state index < -0.39 is 11.9 Å². The van der Waals surface area contributed by atoms with Crippen LogP contribution in [0.15, 0.2) is 101 Å². The van der Waals surface area contributed by atoms with Crippen LogP contribution in [0.4, 0.5) is 0 Å². The molecule has 0 fully saturated rings. The van der Waals surface area contributed by atoms with Gasteiger partial charge in [0.25, 0.3) is 5.91 Å². The van der Waals surface area contributed by atoms with Crippen molar-refractivity contribution in [3.63, 3.8) is 0 Å². The van der Waals surface area contributed by atoms with Gasteiger partial charge in [0.15, 0.2) is 17.3 Å². The molecule has 10 heteroatoms. The molecule has 0 aliphatic carbocycles. The van der Waals surface area contributed by atoms with Crippen molar-refractivity contribution in [3.8, 4) is 23.0 Å². The van der Waals surface area contributed by atoms with Gasteiger partial charge in [-0.05, 0) is 79.9 Å². The van der Waals surface area contributed by atoms with E-state index in [0.29, 0.717) is 53.0 Å². The molecule has 4 aromatic rings. The monoisotopic (exact) mass is 652 g/mol. The topological polar surface area (TPSA) is 108 Å². The van der Waals surface area contributed by atoms with Gasteiger partial charge < -0.3 is 33.2 Å². The number of methoxy groups -OCH3 is 2. The zero-order valence-electron chi connectivity index (χ0n) is 27.9. The summed E-state index contributed by atoms with van der Waals surface area (Å²) in [5.41, 5.74) is 2.62. The highest BCUT2D eigenvalue weighted by Crippen LogP contribution is 2.39. The van der Waals surface area contributed by atoms with E-state index in [0.717, 1.165) is 11.1 Å². The number of hydrogen-bond donors (Lipinski definition) is 0. The van der Waals surface area contributed by atoms with Crippen LogP contribution >= 0.6 is 0 Å². The van der Waals surface area contributed by atoms with Gasteiger partial charge >= 0.3 is 5.97 Å². The molecule has 48 heavy (non-hydrogen) atoms. The SMILES string of the molecule is CCOC(=O)C1=C(C)N(Cc2ccc(C(=O)N(C)CCc3ccc(OC)c(OC)c3)o2)C(=O)CC1c1cccc(Oc2ccccc2)c1. The minimum Gasteiger partial charge on any atom is -0.493 e. The first-order chi connectivity index (χ1) is 23.2. The van der Waals surface area contributed by atoms with E-state index in [9.17, 15) is 14.4 Å². The molecule has 3 aromatic carbocycles. The molecule has 1 atom stereocenters. The first kappa shape index (κ1) is 33.8. The van der Waals surface area contributed by atoms with Crippen molar-refractivity contribution >= 4 is 17.8 Å². The summed E-state index contributed by atoms with van der Waals surface area (Å²) < 4.78 is 28.1. The van der Waals surface area contributed by atoms with Gasteiger partial charge in [0.1, 0.15) is 17.3 Å². The molecule has 1 unspecified atom stereocenters. The Bertz CT molecular complexity index is 1800.